The summed E-state index contributed by atoms with van der Waals surface area (Å²) < 4.78 is 5.37. The second-order valence-electron chi connectivity index (χ2n) is 4.27. The van der Waals surface area contributed by atoms with Crippen molar-refractivity contribution in [1.29, 1.82) is 0 Å². The van der Waals surface area contributed by atoms with Gasteiger partial charge in [-0.25, -0.2) is 4.98 Å². The Kier molecular flexibility index (Phi) is 10.1. The Bertz CT molecular complexity index is 456. The first-order valence-corrected chi connectivity index (χ1v) is 6.84. The van der Waals surface area contributed by atoms with Crippen molar-refractivity contribution >= 4 is 53.9 Å². The molecular formula is C12H17Cl4N3O2. The van der Waals surface area contributed by atoms with Crippen molar-refractivity contribution in [3.63, 3.8) is 0 Å². The Labute approximate surface area is 145 Å². The summed E-state index contributed by atoms with van der Waals surface area (Å²) in [5, 5.41) is 6.79. The second kappa shape index (κ2) is 10.3. The fourth-order valence-electron chi connectivity index (χ4n) is 1.85. The third-order valence-corrected chi connectivity index (χ3v) is 3.32. The first kappa shape index (κ1) is 20.5. The number of hydrogen-bond acceptors (Lipinski definition) is 4. The standard InChI is InChI=1S/C12H15Cl2N3O2.2ClH/c13-9-5-10(14)12(17-7-9)19-4-3-16-11(18)8-1-2-15-6-8;;/h5,7-8,15H,1-4,6H2,(H,16,18);2*1H. The monoisotopic (exact) mass is 375 g/mol. The molecule has 1 amide bonds. The van der Waals surface area contributed by atoms with Crippen molar-refractivity contribution in [3.8, 4) is 5.88 Å². The van der Waals surface area contributed by atoms with Crippen molar-refractivity contribution in [2.75, 3.05) is 26.2 Å². The molecular weight excluding hydrogens is 360 g/mol. The van der Waals surface area contributed by atoms with Gasteiger partial charge in [0.05, 0.1) is 17.5 Å². The average molecular weight is 377 g/mol. The van der Waals surface area contributed by atoms with E-state index < -0.39 is 0 Å². The summed E-state index contributed by atoms with van der Waals surface area (Å²) in [6, 6.07) is 1.56. The van der Waals surface area contributed by atoms with Crippen LogP contribution < -0.4 is 15.4 Å². The maximum Gasteiger partial charge on any atom is 0.232 e. The number of hydrogen-bond donors (Lipinski definition) is 2. The summed E-state index contributed by atoms with van der Waals surface area (Å²) in [6.45, 7) is 2.40. The van der Waals surface area contributed by atoms with Gasteiger partial charge in [0.2, 0.25) is 11.8 Å². The van der Waals surface area contributed by atoms with Gasteiger partial charge in [0.1, 0.15) is 11.6 Å². The number of aromatic nitrogens is 1. The minimum Gasteiger partial charge on any atom is -0.475 e. The summed E-state index contributed by atoms with van der Waals surface area (Å²) in [5.41, 5.74) is 0. The molecule has 2 N–H and O–H groups in total. The van der Waals surface area contributed by atoms with Gasteiger partial charge in [-0.05, 0) is 19.0 Å². The van der Waals surface area contributed by atoms with Gasteiger partial charge in [0, 0.05) is 12.7 Å². The first-order valence-electron chi connectivity index (χ1n) is 6.09. The molecule has 0 spiro atoms. The van der Waals surface area contributed by atoms with Crippen LogP contribution in [0, 0.1) is 5.92 Å². The molecule has 0 aromatic carbocycles. The number of amides is 1. The topological polar surface area (TPSA) is 63.2 Å². The van der Waals surface area contributed by atoms with Crippen molar-refractivity contribution in [3.05, 3.63) is 22.3 Å². The highest BCUT2D eigenvalue weighted by Crippen LogP contribution is 2.24. The van der Waals surface area contributed by atoms with Crippen LogP contribution >= 0.6 is 48.0 Å². The molecule has 0 bridgehead atoms. The SMILES string of the molecule is Cl.Cl.O=C(NCCOc1ncc(Cl)cc1Cl)C1CCNC1. The lowest BCUT2D eigenvalue weighted by molar-refractivity contribution is -0.124. The summed E-state index contributed by atoms with van der Waals surface area (Å²) in [7, 11) is 0. The highest BCUT2D eigenvalue weighted by atomic mass is 35.5. The number of rotatable bonds is 5. The van der Waals surface area contributed by atoms with E-state index in [2.05, 4.69) is 15.6 Å². The third-order valence-electron chi connectivity index (χ3n) is 2.85. The Balaban J connectivity index is 0.00000200. The zero-order valence-corrected chi connectivity index (χ0v) is 14.2. The molecule has 0 aliphatic carbocycles. The molecule has 1 aromatic rings. The lowest BCUT2D eigenvalue weighted by Crippen LogP contribution is -2.34. The maximum absolute atomic E-state index is 11.7. The first-order chi connectivity index (χ1) is 9.16. The smallest absolute Gasteiger partial charge is 0.232 e. The van der Waals surface area contributed by atoms with Crippen molar-refractivity contribution in [1.82, 2.24) is 15.6 Å². The minimum absolute atomic E-state index is 0. The van der Waals surface area contributed by atoms with Gasteiger partial charge >= 0.3 is 0 Å². The minimum atomic E-state index is 0. The molecule has 1 saturated heterocycles. The Morgan fingerprint density at radius 1 is 1.48 bits per heavy atom. The van der Waals surface area contributed by atoms with Crippen molar-refractivity contribution < 1.29 is 9.53 Å². The Morgan fingerprint density at radius 2 is 2.24 bits per heavy atom. The van der Waals surface area contributed by atoms with E-state index in [1.807, 2.05) is 0 Å². The molecule has 9 heteroatoms. The van der Waals surface area contributed by atoms with E-state index in [0.717, 1.165) is 19.5 Å². The number of halogens is 4. The van der Waals surface area contributed by atoms with Crippen LogP contribution in [-0.2, 0) is 4.79 Å². The summed E-state index contributed by atoms with van der Waals surface area (Å²) in [4.78, 5) is 15.7. The molecule has 1 unspecified atom stereocenters. The number of carbonyl (C=O) groups is 1. The number of pyridine rings is 1. The highest BCUT2D eigenvalue weighted by Gasteiger charge is 2.21. The lowest BCUT2D eigenvalue weighted by atomic mass is 10.1. The summed E-state index contributed by atoms with van der Waals surface area (Å²) >= 11 is 11.6. The molecule has 1 aliphatic heterocycles. The molecule has 1 fully saturated rings. The molecule has 120 valence electrons. The van der Waals surface area contributed by atoms with Gasteiger partial charge in [-0.15, -0.1) is 24.8 Å². The van der Waals surface area contributed by atoms with Crippen LogP contribution in [0.2, 0.25) is 10.0 Å². The molecule has 1 aromatic heterocycles. The molecule has 2 rings (SSSR count). The average Bonchev–Trinajstić information content (AvgIpc) is 2.90. The molecule has 2 heterocycles. The number of ether oxygens (including phenoxy) is 1. The van der Waals surface area contributed by atoms with Crippen LogP contribution in [0.25, 0.3) is 0 Å². The second-order valence-corrected chi connectivity index (χ2v) is 5.11. The van der Waals surface area contributed by atoms with Crippen molar-refractivity contribution in [2.45, 2.75) is 6.42 Å². The fourth-order valence-corrected chi connectivity index (χ4v) is 2.29. The number of carbonyl (C=O) groups excluding carboxylic acids is 1. The molecule has 0 radical (unpaired) electrons. The Hall–Kier alpha value is -0.460. The van der Waals surface area contributed by atoms with Gasteiger partial charge in [-0.1, -0.05) is 23.2 Å². The normalized spacial score (nSPS) is 16.6. The van der Waals surface area contributed by atoms with Gasteiger partial charge < -0.3 is 15.4 Å². The van der Waals surface area contributed by atoms with E-state index >= 15 is 0 Å². The largest absolute Gasteiger partial charge is 0.475 e. The molecule has 1 aliphatic rings. The van der Waals surface area contributed by atoms with Crippen LogP contribution in [0.4, 0.5) is 0 Å². The van der Waals surface area contributed by atoms with Gasteiger partial charge in [-0.3, -0.25) is 4.79 Å². The van der Waals surface area contributed by atoms with Gasteiger partial charge in [0.15, 0.2) is 0 Å². The molecule has 1 atom stereocenters. The maximum atomic E-state index is 11.7. The summed E-state index contributed by atoms with van der Waals surface area (Å²) in [6.07, 6.45) is 2.35. The van der Waals surface area contributed by atoms with E-state index in [4.69, 9.17) is 27.9 Å². The third kappa shape index (κ3) is 6.45. The molecule has 0 saturated carbocycles. The van der Waals surface area contributed by atoms with Crippen LogP contribution in [0.1, 0.15) is 6.42 Å². The van der Waals surface area contributed by atoms with Crippen LogP contribution in [-0.4, -0.2) is 37.1 Å². The number of nitrogens with one attached hydrogen (secondary N) is 2. The van der Waals surface area contributed by atoms with E-state index in [9.17, 15) is 4.79 Å². The molecule has 5 nitrogen and oxygen atoms in total. The predicted octanol–water partition coefficient (Wildman–Crippen LogP) is 2.34. The van der Waals surface area contributed by atoms with Crippen LogP contribution in [0.5, 0.6) is 5.88 Å². The van der Waals surface area contributed by atoms with E-state index in [0.29, 0.717) is 29.1 Å². The van der Waals surface area contributed by atoms with Crippen LogP contribution in [0.15, 0.2) is 12.3 Å². The quantitative estimate of drug-likeness (QED) is 0.774. The van der Waals surface area contributed by atoms with Gasteiger partial charge in [-0.2, -0.15) is 0 Å². The van der Waals surface area contributed by atoms with E-state index in [1.165, 1.54) is 6.20 Å². The molecule has 21 heavy (non-hydrogen) atoms. The van der Waals surface area contributed by atoms with Crippen molar-refractivity contribution in [2.24, 2.45) is 5.92 Å². The predicted molar refractivity (Wildman–Crippen MR) is 88.2 cm³/mol. The van der Waals surface area contributed by atoms with Crippen LogP contribution in [0.3, 0.4) is 0 Å². The fraction of sp³-hybridized carbons (Fsp3) is 0.500. The van der Waals surface area contributed by atoms with E-state index in [-0.39, 0.29) is 36.6 Å². The zero-order valence-electron chi connectivity index (χ0n) is 11.1. The lowest BCUT2D eigenvalue weighted by Gasteiger charge is -2.11. The summed E-state index contributed by atoms with van der Waals surface area (Å²) in [5.74, 6) is 0.448. The Morgan fingerprint density at radius 3 is 2.86 bits per heavy atom. The van der Waals surface area contributed by atoms with E-state index in [1.54, 1.807) is 6.07 Å². The highest BCUT2D eigenvalue weighted by molar-refractivity contribution is 6.35. The van der Waals surface area contributed by atoms with Gasteiger partial charge in [0.25, 0.3) is 0 Å². The zero-order chi connectivity index (χ0) is 13.7. The number of nitrogens with zero attached hydrogens (tertiary/aromatic N) is 1.